The summed E-state index contributed by atoms with van der Waals surface area (Å²) in [4.78, 5) is 19.9. The van der Waals surface area contributed by atoms with E-state index in [4.69, 9.17) is 0 Å². The number of amides is 1. The third-order valence-electron chi connectivity index (χ3n) is 6.34. The van der Waals surface area contributed by atoms with E-state index in [0.29, 0.717) is 17.4 Å². The molecule has 0 radical (unpaired) electrons. The highest BCUT2D eigenvalue weighted by Gasteiger charge is 2.20. The molecule has 176 valence electrons. The molecule has 1 N–H and O–H groups in total. The Bertz CT molecular complexity index is 1230. The van der Waals surface area contributed by atoms with Gasteiger partial charge in [0.2, 0.25) is 5.91 Å². The van der Waals surface area contributed by atoms with Crippen molar-refractivity contribution in [2.75, 3.05) is 18.6 Å². The summed E-state index contributed by atoms with van der Waals surface area (Å²) in [5.41, 5.74) is 3.29. The molecule has 0 saturated heterocycles. The molecule has 1 fully saturated rings. The fraction of sp³-hybridized carbons (Fsp3) is 0.440. The Kier molecular flexibility index (Phi) is 7.14. The molecule has 0 bridgehead atoms. The Balaban J connectivity index is 1.52. The standard InChI is InChI=1S/C25H32N4O3S/c1-28(20-11-4-3-5-12-20)16-19-10-6-7-13-21(19)27-25(30)17-29-23-15-9-8-14-22(23)26-24(29)18-33(2,31)32/h6-10,13-15,20H,3-5,11-12,16-18H2,1-2H3,(H,27,30). The minimum atomic E-state index is -3.29. The molecule has 0 spiro atoms. The molecule has 8 heteroatoms. The molecule has 1 aliphatic carbocycles. The van der Waals surface area contributed by atoms with Crippen LogP contribution in [0.2, 0.25) is 0 Å². The van der Waals surface area contributed by atoms with Crippen molar-refractivity contribution in [3.8, 4) is 0 Å². The largest absolute Gasteiger partial charge is 0.324 e. The van der Waals surface area contributed by atoms with Crippen molar-refractivity contribution in [2.24, 2.45) is 0 Å². The van der Waals surface area contributed by atoms with Gasteiger partial charge >= 0.3 is 0 Å². The Hall–Kier alpha value is -2.71. The minimum Gasteiger partial charge on any atom is -0.324 e. The Morgan fingerprint density at radius 1 is 1.09 bits per heavy atom. The van der Waals surface area contributed by atoms with E-state index in [0.717, 1.165) is 23.3 Å². The van der Waals surface area contributed by atoms with Crippen LogP contribution in [0.3, 0.4) is 0 Å². The molecule has 7 nitrogen and oxygen atoms in total. The highest BCUT2D eigenvalue weighted by Crippen LogP contribution is 2.25. The SMILES string of the molecule is CN(Cc1ccccc1NC(=O)Cn1c(CS(C)(=O)=O)nc2ccccc21)C1CCCCC1. The predicted octanol–water partition coefficient (Wildman–Crippen LogP) is 3.98. The van der Waals surface area contributed by atoms with E-state index in [9.17, 15) is 13.2 Å². The van der Waals surface area contributed by atoms with Crippen molar-refractivity contribution >= 4 is 32.5 Å². The number of fused-ring (bicyclic) bond motifs is 1. The van der Waals surface area contributed by atoms with E-state index in [1.807, 2.05) is 42.5 Å². The summed E-state index contributed by atoms with van der Waals surface area (Å²) < 4.78 is 25.5. The average Bonchev–Trinajstić information content (AvgIpc) is 3.11. The number of rotatable bonds is 8. The van der Waals surface area contributed by atoms with Crippen LogP contribution in [0.4, 0.5) is 5.69 Å². The van der Waals surface area contributed by atoms with Crippen molar-refractivity contribution in [2.45, 2.75) is 57.0 Å². The van der Waals surface area contributed by atoms with Crippen molar-refractivity contribution in [1.82, 2.24) is 14.5 Å². The third-order valence-corrected chi connectivity index (χ3v) is 7.12. The maximum atomic E-state index is 13.1. The molecule has 3 aromatic rings. The summed E-state index contributed by atoms with van der Waals surface area (Å²) in [6.45, 7) is 0.770. The second-order valence-corrected chi connectivity index (χ2v) is 11.2. The van der Waals surface area contributed by atoms with Crippen LogP contribution in [0.15, 0.2) is 48.5 Å². The molecule has 4 rings (SSSR count). The summed E-state index contributed by atoms with van der Waals surface area (Å²) in [6.07, 6.45) is 7.50. The van der Waals surface area contributed by atoms with Gasteiger partial charge in [-0.15, -0.1) is 0 Å². The summed E-state index contributed by atoms with van der Waals surface area (Å²) in [5, 5.41) is 3.05. The molecular formula is C25H32N4O3S. The number of aromatic nitrogens is 2. The smallest absolute Gasteiger partial charge is 0.244 e. The van der Waals surface area contributed by atoms with Crippen LogP contribution in [-0.4, -0.2) is 48.1 Å². The highest BCUT2D eigenvalue weighted by atomic mass is 32.2. The normalized spacial score (nSPS) is 15.2. The first kappa shape index (κ1) is 23.4. The number of hydrogen-bond acceptors (Lipinski definition) is 5. The number of nitrogens with zero attached hydrogens (tertiary/aromatic N) is 3. The fourth-order valence-corrected chi connectivity index (χ4v) is 5.37. The molecule has 1 saturated carbocycles. The van der Waals surface area contributed by atoms with Crippen LogP contribution in [-0.2, 0) is 33.5 Å². The number of anilines is 1. The van der Waals surface area contributed by atoms with Gasteiger partial charge in [0.25, 0.3) is 0 Å². The van der Waals surface area contributed by atoms with Gasteiger partial charge in [-0.1, -0.05) is 49.6 Å². The minimum absolute atomic E-state index is 0.00182. The Morgan fingerprint density at radius 3 is 2.55 bits per heavy atom. The molecule has 1 aromatic heterocycles. The van der Waals surface area contributed by atoms with E-state index in [2.05, 4.69) is 28.3 Å². The lowest BCUT2D eigenvalue weighted by molar-refractivity contribution is -0.116. The lowest BCUT2D eigenvalue weighted by Crippen LogP contribution is -2.33. The zero-order valence-corrected chi connectivity index (χ0v) is 20.1. The Morgan fingerprint density at radius 2 is 1.79 bits per heavy atom. The van der Waals surface area contributed by atoms with Gasteiger partial charge in [0.15, 0.2) is 9.84 Å². The molecule has 0 unspecified atom stereocenters. The van der Waals surface area contributed by atoms with Crippen LogP contribution in [0, 0.1) is 0 Å². The van der Waals surface area contributed by atoms with E-state index in [1.54, 1.807) is 4.57 Å². The van der Waals surface area contributed by atoms with E-state index < -0.39 is 9.84 Å². The zero-order chi connectivity index (χ0) is 23.4. The predicted molar refractivity (Wildman–Crippen MR) is 132 cm³/mol. The van der Waals surface area contributed by atoms with Gasteiger partial charge in [-0.25, -0.2) is 13.4 Å². The summed E-state index contributed by atoms with van der Waals surface area (Å²) in [6, 6.07) is 15.9. The number of imidazole rings is 1. The quantitative estimate of drug-likeness (QED) is 0.541. The van der Waals surface area contributed by atoms with Crippen molar-refractivity contribution in [3.63, 3.8) is 0 Å². The summed E-state index contributed by atoms with van der Waals surface area (Å²) in [7, 11) is -1.14. The number of nitrogens with one attached hydrogen (secondary N) is 1. The van der Waals surface area contributed by atoms with Gasteiger partial charge in [0.05, 0.1) is 11.0 Å². The van der Waals surface area contributed by atoms with Crippen molar-refractivity contribution in [1.29, 1.82) is 0 Å². The van der Waals surface area contributed by atoms with Crippen LogP contribution in [0.5, 0.6) is 0 Å². The lowest BCUT2D eigenvalue weighted by atomic mass is 9.94. The molecule has 0 atom stereocenters. The molecule has 1 aliphatic rings. The third kappa shape index (κ3) is 6.00. The van der Waals surface area contributed by atoms with Gasteiger partial charge in [-0.05, 0) is 43.7 Å². The van der Waals surface area contributed by atoms with E-state index >= 15 is 0 Å². The summed E-state index contributed by atoms with van der Waals surface area (Å²) >= 11 is 0. The zero-order valence-electron chi connectivity index (χ0n) is 19.3. The van der Waals surface area contributed by atoms with Gasteiger partial charge in [0.1, 0.15) is 18.1 Å². The number of para-hydroxylation sites is 3. The molecule has 2 aromatic carbocycles. The number of sulfone groups is 1. The van der Waals surface area contributed by atoms with Crippen LogP contribution >= 0.6 is 0 Å². The molecule has 33 heavy (non-hydrogen) atoms. The van der Waals surface area contributed by atoms with Crippen LogP contribution in [0.1, 0.15) is 43.5 Å². The van der Waals surface area contributed by atoms with Gasteiger partial charge in [-0.2, -0.15) is 0 Å². The maximum Gasteiger partial charge on any atom is 0.244 e. The molecule has 1 heterocycles. The van der Waals surface area contributed by atoms with E-state index in [-0.39, 0.29) is 18.2 Å². The number of hydrogen-bond donors (Lipinski definition) is 1. The number of benzene rings is 2. The first-order valence-corrected chi connectivity index (χ1v) is 13.6. The molecule has 0 aliphatic heterocycles. The van der Waals surface area contributed by atoms with Gasteiger partial charge in [0, 0.05) is 24.5 Å². The topological polar surface area (TPSA) is 84.3 Å². The Labute approximate surface area is 195 Å². The monoisotopic (exact) mass is 468 g/mol. The molecular weight excluding hydrogens is 436 g/mol. The van der Waals surface area contributed by atoms with E-state index in [1.165, 1.54) is 38.4 Å². The maximum absolute atomic E-state index is 13.1. The van der Waals surface area contributed by atoms with Crippen molar-refractivity contribution < 1.29 is 13.2 Å². The second-order valence-electron chi connectivity index (χ2n) is 9.09. The van der Waals surface area contributed by atoms with Gasteiger partial charge in [-0.3, -0.25) is 9.69 Å². The number of carbonyl (C=O) groups is 1. The van der Waals surface area contributed by atoms with Crippen LogP contribution in [0.25, 0.3) is 11.0 Å². The lowest BCUT2D eigenvalue weighted by Gasteiger charge is -2.31. The van der Waals surface area contributed by atoms with Crippen molar-refractivity contribution in [3.05, 3.63) is 59.9 Å². The second kappa shape index (κ2) is 10.1. The fourth-order valence-electron chi connectivity index (χ4n) is 4.68. The molecule has 1 amide bonds. The number of carbonyl (C=O) groups excluding carboxylic acids is 1. The highest BCUT2D eigenvalue weighted by molar-refractivity contribution is 7.89. The van der Waals surface area contributed by atoms with Gasteiger partial charge < -0.3 is 9.88 Å². The average molecular weight is 469 g/mol. The summed E-state index contributed by atoms with van der Waals surface area (Å²) in [5.74, 6) is -0.0441. The van der Waals surface area contributed by atoms with Crippen LogP contribution < -0.4 is 5.32 Å². The first-order valence-electron chi connectivity index (χ1n) is 11.5. The first-order chi connectivity index (χ1) is 15.8.